The number of nitrogens with zero attached hydrogens (tertiary/aromatic N) is 2. The molecule has 1 aromatic carbocycles. The predicted octanol–water partition coefficient (Wildman–Crippen LogP) is 0.0402. The van der Waals surface area contributed by atoms with Crippen molar-refractivity contribution < 1.29 is 46.6 Å². The molecule has 0 spiro atoms. The van der Waals surface area contributed by atoms with Gasteiger partial charge in [-0.15, -0.1) is 6.58 Å². The topological polar surface area (TPSA) is 192 Å². The molecular weight excluding hydrogens is 577 g/mol. The van der Waals surface area contributed by atoms with Crippen LogP contribution in [0.3, 0.4) is 0 Å². The Morgan fingerprint density at radius 3 is 2.52 bits per heavy atom. The second-order valence-corrected chi connectivity index (χ2v) is 12.7. The van der Waals surface area contributed by atoms with Crippen LogP contribution in [0.15, 0.2) is 30.9 Å². The number of amides is 5. The van der Waals surface area contributed by atoms with Crippen LogP contribution in [-0.4, -0.2) is 89.8 Å². The molecule has 0 unspecified atom stereocenters. The first-order valence-electron chi connectivity index (χ1n) is 13.4. The smallest absolute Gasteiger partial charge is 0.410 e. The van der Waals surface area contributed by atoms with Crippen molar-refractivity contribution in [2.45, 2.75) is 55.8 Å². The van der Waals surface area contributed by atoms with Crippen LogP contribution in [-0.2, 0) is 42.2 Å². The maximum Gasteiger partial charge on any atom is 0.410 e. The number of carbonyl (C=O) groups is 5. The second kappa shape index (κ2) is 11.2. The van der Waals surface area contributed by atoms with Gasteiger partial charge in [-0.05, 0) is 24.5 Å². The fourth-order valence-electron chi connectivity index (χ4n) is 5.47. The number of benzene rings is 1. The monoisotopic (exact) mass is 607 g/mol. The molecule has 4 N–H and O–H groups in total. The molecule has 2 saturated carbocycles. The standard InChI is InChI=1S/C26H30FN5O9S/c1-2-16-21(24(35)30-42(39,40)15-6-7-15)22(16)29-23(34)19-8-14(11-32(19)20(33)9-28-25(36)37)41-26(38)31-10-13-4-3-5-18(27)17(13)12-31/h2-5,14-16,19,21-22,28H,1,6-12H2,(H,29,34)(H,30,35)(H,36,37)/t14-,16+,19+,21-,22-/m1/s1. The fraction of sp³-hybridized carbons (Fsp3) is 0.500. The Morgan fingerprint density at radius 2 is 1.88 bits per heavy atom. The van der Waals surface area contributed by atoms with Crippen LogP contribution in [0.2, 0.25) is 0 Å². The van der Waals surface area contributed by atoms with E-state index in [4.69, 9.17) is 9.84 Å². The Balaban J connectivity index is 1.23. The number of likely N-dealkylation sites (tertiary alicyclic amines) is 1. The van der Waals surface area contributed by atoms with Crippen LogP contribution in [0.1, 0.15) is 30.4 Å². The van der Waals surface area contributed by atoms with Gasteiger partial charge >= 0.3 is 12.2 Å². The first kappa shape index (κ1) is 29.3. The SMILES string of the molecule is C=C[C@@H]1[C@@H](NC(=O)[C@@H]2C[C@@H](OC(=O)N3Cc4cccc(F)c4C3)CN2C(=O)CNC(=O)O)[C@@H]1C(=O)NS(=O)(=O)C1CC1. The number of carbonyl (C=O) groups excluding carboxylic acids is 4. The third-order valence-electron chi connectivity index (χ3n) is 7.89. The summed E-state index contributed by atoms with van der Waals surface area (Å²) in [5, 5.41) is 12.9. The molecule has 16 heteroatoms. The van der Waals surface area contributed by atoms with Gasteiger partial charge in [0.2, 0.25) is 27.7 Å². The number of sulfonamides is 1. The molecule has 2 heterocycles. The van der Waals surface area contributed by atoms with E-state index >= 15 is 0 Å². The Morgan fingerprint density at radius 1 is 1.14 bits per heavy atom. The number of fused-ring (bicyclic) bond motifs is 1. The highest BCUT2D eigenvalue weighted by molar-refractivity contribution is 7.90. The summed E-state index contributed by atoms with van der Waals surface area (Å²) >= 11 is 0. The summed E-state index contributed by atoms with van der Waals surface area (Å²) < 4.78 is 46.1. The van der Waals surface area contributed by atoms with E-state index in [2.05, 4.69) is 16.6 Å². The summed E-state index contributed by atoms with van der Waals surface area (Å²) in [5.74, 6) is -4.08. The molecule has 0 bridgehead atoms. The van der Waals surface area contributed by atoms with Gasteiger partial charge in [0.15, 0.2) is 0 Å². The quantitative estimate of drug-likeness (QED) is 0.281. The van der Waals surface area contributed by atoms with Gasteiger partial charge < -0.3 is 25.4 Å². The molecule has 1 saturated heterocycles. The summed E-state index contributed by atoms with van der Waals surface area (Å²) in [6, 6.07) is 2.57. The van der Waals surface area contributed by atoms with Crippen molar-refractivity contribution in [2.24, 2.45) is 11.8 Å². The molecule has 0 aromatic heterocycles. The van der Waals surface area contributed by atoms with Crippen molar-refractivity contribution in [3.05, 3.63) is 47.8 Å². The van der Waals surface area contributed by atoms with Gasteiger partial charge in [0.25, 0.3) is 0 Å². The minimum absolute atomic E-state index is 0.00675. The van der Waals surface area contributed by atoms with Crippen molar-refractivity contribution >= 4 is 39.9 Å². The zero-order valence-corrected chi connectivity index (χ0v) is 23.1. The highest BCUT2D eigenvalue weighted by Gasteiger charge is 2.56. The van der Waals surface area contributed by atoms with Crippen molar-refractivity contribution in [2.75, 3.05) is 13.1 Å². The predicted molar refractivity (Wildman–Crippen MR) is 141 cm³/mol. The molecule has 3 fully saturated rings. The van der Waals surface area contributed by atoms with Gasteiger partial charge in [0.05, 0.1) is 24.3 Å². The highest BCUT2D eigenvalue weighted by Crippen LogP contribution is 2.41. The van der Waals surface area contributed by atoms with E-state index in [1.54, 1.807) is 6.07 Å². The minimum Gasteiger partial charge on any atom is -0.465 e. The Hall–Kier alpha value is -4.21. The average Bonchev–Trinajstić information content (AvgIpc) is 3.81. The Bertz CT molecular complexity index is 1450. The van der Waals surface area contributed by atoms with Gasteiger partial charge in [0.1, 0.15) is 24.5 Å². The summed E-state index contributed by atoms with van der Waals surface area (Å²) in [4.78, 5) is 65.0. The van der Waals surface area contributed by atoms with Crippen LogP contribution in [0.4, 0.5) is 14.0 Å². The molecule has 4 aliphatic rings. The lowest BCUT2D eigenvalue weighted by Gasteiger charge is -2.23. The largest absolute Gasteiger partial charge is 0.465 e. The number of ether oxygens (including phenoxy) is 1. The van der Waals surface area contributed by atoms with Crippen LogP contribution in [0.25, 0.3) is 0 Å². The van der Waals surface area contributed by atoms with Crippen LogP contribution in [0, 0.1) is 17.7 Å². The van der Waals surface area contributed by atoms with Crippen LogP contribution >= 0.6 is 0 Å². The Labute approximate surface area is 240 Å². The Kier molecular flexibility index (Phi) is 7.83. The third-order valence-corrected chi connectivity index (χ3v) is 9.73. The fourth-order valence-corrected chi connectivity index (χ4v) is 6.81. The van der Waals surface area contributed by atoms with E-state index in [1.807, 2.05) is 5.32 Å². The molecule has 0 radical (unpaired) electrons. The molecule has 2 aliphatic carbocycles. The number of rotatable bonds is 9. The van der Waals surface area contributed by atoms with Crippen LogP contribution < -0.4 is 15.4 Å². The number of hydrogen-bond donors (Lipinski definition) is 4. The van der Waals surface area contributed by atoms with Gasteiger partial charge in [0, 0.05) is 30.5 Å². The maximum atomic E-state index is 14.1. The summed E-state index contributed by atoms with van der Waals surface area (Å²) in [6.45, 7) is 2.92. The zero-order valence-electron chi connectivity index (χ0n) is 22.3. The zero-order chi connectivity index (χ0) is 30.3. The van der Waals surface area contributed by atoms with Gasteiger partial charge in [-0.3, -0.25) is 24.0 Å². The number of halogens is 1. The van der Waals surface area contributed by atoms with Crippen molar-refractivity contribution in [3.8, 4) is 0 Å². The summed E-state index contributed by atoms with van der Waals surface area (Å²) in [7, 11) is -3.80. The van der Waals surface area contributed by atoms with E-state index < -0.39 is 87.6 Å². The molecule has 226 valence electrons. The van der Waals surface area contributed by atoms with Crippen molar-refractivity contribution in [1.29, 1.82) is 0 Å². The van der Waals surface area contributed by atoms with Crippen LogP contribution in [0.5, 0.6) is 0 Å². The molecule has 14 nitrogen and oxygen atoms in total. The van der Waals surface area contributed by atoms with Gasteiger partial charge in [-0.1, -0.05) is 18.2 Å². The van der Waals surface area contributed by atoms with E-state index in [1.165, 1.54) is 23.1 Å². The molecule has 5 rings (SSSR count). The lowest BCUT2D eigenvalue weighted by Crippen LogP contribution is -2.50. The van der Waals surface area contributed by atoms with Gasteiger partial charge in [-0.2, -0.15) is 0 Å². The van der Waals surface area contributed by atoms with E-state index in [-0.39, 0.29) is 26.1 Å². The summed E-state index contributed by atoms with van der Waals surface area (Å²) in [6.07, 6.45) is -0.919. The number of carboxylic acid groups (broad SMARTS) is 1. The lowest BCUT2D eigenvalue weighted by molar-refractivity contribution is -0.138. The van der Waals surface area contributed by atoms with E-state index in [0.717, 1.165) is 4.90 Å². The number of hydrogen-bond acceptors (Lipinski definition) is 8. The third kappa shape index (κ3) is 6.03. The normalized spacial score (nSPS) is 26.2. The summed E-state index contributed by atoms with van der Waals surface area (Å²) in [5.41, 5.74) is 1.01. The molecule has 5 atom stereocenters. The van der Waals surface area contributed by atoms with E-state index in [0.29, 0.717) is 24.0 Å². The molecule has 2 aliphatic heterocycles. The highest BCUT2D eigenvalue weighted by atomic mass is 32.2. The molecule has 5 amide bonds. The van der Waals surface area contributed by atoms with Crippen molar-refractivity contribution in [3.63, 3.8) is 0 Å². The second-order valence-electron chi connectivity index (χ2n) is 10.8. The minimum atomic E-state index is -3.80. The first-order valence-corrected chi connectivity index (χ1v) is 14.9. The number of nitrogens with one attached hydrogen (secondary N) is 3. The first-order chi connectivity index (χ1) is 19.9. The average molecular weight is 608 g/mol. The van der Waals surface area contributed by atoms with Gasteiger partial charge in [-0.25, -0.2) is 22.4 Å². The molecule has 42 heavy (non-hydrogen) atoms. The maximum absolute atomic E-state index is 14.1. The molecule has 1 aromatic rings. The lowest BCUT2D eigenvalue weighted by atomic mass is 10.1. The molecular formula is C26H30FN5O9S. The van der Waals surface area contributed by atoms with Crippen molar-refractivity contribution in [1.82, 2.24) is 25.2 Å². The van der Waals surface area contributed by atoms with E-state index in [9.17, 15) is 36.8 Å².